The molecule has 0 saturated carbocycles. The zero-order chi connectivity index (χ0) is 23.1. The molecule has 0 unspecified atom stereocenters. The van der Waals surface area contributed by atoms with Crippen LogP contribution >= 0.6 is 34.7 Å². The van der Waals surface area contributed by atoms with Crippen LogP contribution < -0.4 is 5.56 Å². The average molecular weight is 496 g/mol. The van der Waals surface area contributed by atoms with E-state index in [-0.39, 0.29) is 11.3 Å². The lowest BCUT2D eigenvalue weighted by Crippen LogP contribution is -2.24. The highest BCUT2D eigenvalue weighted by Crippen LogP contribution is 2.36. The van der Waals surface area contributed by atoms with Gasteiger partial charge in [0.1, 0.15) is 10.6 Å². The van der Waals surface area contributed by atoms with Crippen molar-refractivity contribution in [3.8, 4) is 5.82 Å². The maximum atomic E-state index is 13.8. The third kappa shape index (κ3) is 4.25. The van der Waals surface area contributed by atoms with Crippen molar-refractivity contribution >= 4 is 50.7 Å². The van der Waals surface area contributed by atoms with Crippen LogP contribution in [0.25, 0.3) is 16.0 Å². The van der Waals surface area contributed by atoms with Gasteiger partial charge in [-0.2, -0.15) is 0 Å². The minimum absolute atomic E-state index is 0.00423. The summed E-state index contributed by atoms with van der Waals surface area (Å²) in [6.45, 7) is 3.84. The first kappa shape index (κ1) is 22.3. The number of aryl methyl sites for hydroxylation is 3. The molecule has 1 aromatic carbocycles. The maximum absolute atomic E-state index is 13.8. The van der Waals surface area contributed by atoms with E-state index in [9.17, 15) is 9.59 Å². The summed E-state index contributed by atoms with van der Waals surface area (Å²) in [5.41, 5.74) is 2.74. The third-order valence-electron chi connectivity index (χ3n) is 5.89. The average Bonchev–Trinajstić information content (AvgIpc) is 3.19. The summed E-state index contributed by atoms with van der Waals surface area (Å²) >= 11 is 8.93. The quantitative estimate of drug-likeness (QED) is 0.192. The van der Waals surface area contributed by atoms with E-state index in [1.807, 2.05) is 38.1 Å². The Morgan fingerprint density at radius 2 is 1.91 bits per heavy atom. The summed E-state index contributed by atoms with van der Waals surface area (Å²) in [4.78, 5) is 38.2. The van der Waals surface area contributed by atoms with Crippen LogP contribution in [-0.4, -0.2) is 25.6 Å². The Kier molecular flexibility index (Phi) is 6.12. The van der Waals surface area contributed by atoms with E-state index < -0.39 is 5.25 Å². The number of carbonyl (C=O) groups is 1. The molecule has 5 nitrogen and oxygen atoms in total. The number of carbonyl (C=O) groups excluding carboxylic acids is 1. The summed E-state index contributed by atoms with van der Waals surface area (Å²) in [5.74, 6) is 0.447. The van der Waals surface area contributed by atoms with Crippen molar-refractivity contribution < 1.29 is 4.79 Å². The number of hydrogen-bond donors (Lipinski definition) is 0. The lowest BCUT2D eigenvalue weighted by molar-refractivity contribution is 0.0994. The fraction of sp³-hybridized carbons (Fsp3) is 0.280. The number of Topliss-reactive ketones (excluding diaryl/α,β-unsaturated/α-hetero) is 1. The van der Waals surface area contributed by atoms with Gasteiger partial charge in [-0.05, 0) is 57.2 Å². The molecule has 1 aliphatic rings. The molecule has 3 heterocycles. The van der Waals surface area contributed by atoms with Crippen LogP contribution in [0.5, 0.6) is 0 Å². The van der Waals surface area contributed by atoms with Crippen molar-refractivity contribution in [3.63, 3.8) is 0 Å². The van der Waals surface area contributed by atoms with Crippen LogP contribution in [-0.2, 0) is 12.8 Å². The fourth-order valence-corrected chi connectivity index (χ4v) is 6.54. The Bertz CT molecular complexity index is 1410. The Hall–Kier alpha value is -2.48. The Labute approximate surface area is 204 Å². The van der Waals surface area contributed by atoms with Gasteiger partial charge in [-0.25, -0.2) is 14.5 Å². The van der Waals surface area contributed by atoms with E-state index in [1.165, 1.54) is 27.4 Å². The van der Waals surface area contributed by atoms with Crippen molar-refractivity contribution in [2.75, 3.05) is 0 Å². The standard InChI is InChI=1S/C25H22ClN3O2S2/c1-14-7-9-16(10-8-14)22(30)15(2)32-25-28-23-21(18-5-3-4-6-19(18)33-23)24(31)29(25)20-12-11-17(26)13-27-20/h7-13,15H,3-6H2,1-2H3/t15-/m1/s1. The molecule has 33 heavy (non-hydrogen) atoms. The van der Waals surface area contributed by atoms with Gasteiger partial charge in [0.15, 0.2) is 10.9 Å². The number of rotatable bonds is 5. The van der Waals surface area contributed by atoms with Crippen LogP contribution in [0.1, 0.15) is 46.1 Å². The molecule has 0 spiro atoms. The number of ketones is 1. The van der Waals surface area contributed by atoms with Crippen molar-refractivity contribution in [1.82, 2.24) is 14.5 Å². The van der Waals surface area contributed by atoms with Crippen LogP contribution in [0.4, 0.5) is 0 Å². The molecule has 0 bridgehead atoms. The minimum Gasteiger partial charge on any atom is -0.293 e. The van der Waals surface area contributed by atoms with E-state index in [0.717, 1.165) is 41.6 Å². The monoisotopic (exact) mass is 495 g/mol. The van der Waals surface area contributed by atoms with Crippen LogP contribution in [0, 0.1) is 6.92 Å². The predicted molar refractivity (Wildman–Crippen MR) is 135 cm³/mol. The number of hydrogen-bond acceptors (Lipinski definition) is 6. The number of fused-ring (bicyclic) bond motifs is 3. The summed E-state index contributed by atoms with van der Waals surface area (Å²) in [6, 6.07) is 11.0. The highest BCUT2D eigenvalue weighted by Gasteiger charge is 2.25. The zero-order valence-corrected chi connectivity index (χ0v) is 20.7. The smallest absolute Gasteiger partial charge is 0.269 e. The second-order valence-corrected chi connectivity index (χ2v) is 11.1. The number of aromatic nitrogens is 3. The molecule has 0 saturated heterocycles. The summed E-state index contributed by atoms with van der Waals surface area (Å²) in [6.07, 6.45) is 5.62. The second kappa shape index (κ2) is 9.05. The van der Waals surface area contributed by atoms with Crippen molar-refractivity contribution in [3.05, 3.63) is 79.5 Å². The SMILES string of the molecule is Cc1ccc(C(=O)[C@@H](C)Sc2nc3sc4c(c3c(=O)n2-c2ccc(Cl)cn2)CCCC4)cc1. The molecule has 0 N–H and O–H groups in total. The van der Waals surface area contributed by atoms with Gasteiger partial charge < -0.3 is 0 Å². The molecule has 168 valence electrons. The highest BCUT2D eigenvalue weighted by atomic mass is 35.5. The molecular formula is C25H22ClN3O2S2. The van der Waals surface area contributed by atoms with Crippen LogP contribution in [0.2, 0.25) is 5.02 Å². The molecule has 3 aromatic heterocycles. The number of thioether (sulfide) groups is 1. The number of nitrogens with zero attached hydrogens (tertiary/aromatic N) is 3. The third-order valence-corrected chi connectivity index (χ3v) is 8.35. The van der Waals surface area contributed by atoms with Gasteiger partial charge in [-0.3, -0.25) is 9.59 Å². The van der Waals surface area contributed by atoms with Crippen molar-refractivity contribution in [2.24, 2.45) is 0 Å². The molecule has 1 aliphatic carbocycles. The summed E-state index contributed by atoms with van der Waals surface area (Å²) in [7, 11) is 0. The Balaban J connectivity index is 1.63. The molecule has 0 fully saturated rings. The Morgan fingerprint density at radius 3 is 2.64 bits per heavy atom. The first-order valence-corrected chi connectivity index (χ1v) is 13.0. The molecule has 0 aliphatic heterocycles. The lowest BCUT2D eigenvalue weighted by atomic mass is 9.97. The topological polar surface area (TPSA) is 64.8 Å². The Morgan fingerprint density at radius 1 is 1.15 bits per heavy atom. The molecule has 4 aromatic rings. The largest absolute Gasteiger partial charge is 0.293 e. The summed E-state index contributed by atoms with van der Waals surface area (Å²) < 4.78 is 1.53. The number of benzene rings is 1. The van der Waals surface area contributed by atoms with E-state index in [0.29, 0.717) is 26.9 Å². The van der Waals surface area contributed by atoms with Gasteiger partial charge in [0, 0.05) is 16.6 Å². The number of halogens is 1. The van der Waals surface area contributed by atoms with Crippen LogP contribution in [0.3, 0.4) is 0 Å². The second-order valence-electron chi connectivity index (χ2n) is 8.25. The van der Waals surface area contributed by atoms with Gasteiger partial charge in [0.2, 0.25) is 0 Å². The van der Waals surface area contributed by atoms with E-state index in [1.54, 1.807) is 23.5 Å². The maximum Gasteiger partial charge on any atom is 0.269 e. The first-order chi connectivity index (χ1) is 15.9. The fourth-order valence-electron chi connectivity index (χ4n) is 4.13. The molecule has 5 rings (SSSR count). The number of thiophene rings is 1. The van der Waals surface area contributed by atoms with Crippen molar-refractivity contribution in [1.29, 1.82) is 0 Å². The minimum atomic E-state index is -0.426. The van der Waals surface area contributed by atoms with Crippen LogP contribution in [0.15, 0.2) is 52.5 Å². The van der Waals surface area contributed by atoms with E-state index in [2.05, 4.69) is 4.98 Å². The van der Waals surface area contributed by atoms with E-state index >= 15 is 0 Å². The molecule has 8 heteroatoms. The molecule has 0 amide bonds. The first-order valence-electron chi connectivity index (χ1n) is 10.9. The molecule has 1 atom stereocenters. The number of pyridine rings is 1. The van der Waals surface area contributed by atoms with Gasteiger partial charge in [0.25, 0.3) is 5.56 Å². The van der Waals surface area contributed by atoms with Gasteiger partial charge in [-0.15, -0.1) is 11.3 Å². The van der Waals surface area contributed by atoms with Gasteiger partial charge in [-0.1, -0.05) is 53.2 Å². The molecular weight excluding hydrogens is 474 g/mol. The highest BCUT2D eigenvalue weighted by molar-refractivity contribution is 8.00. The normalized spacial score (nSPS) is 14.3. The van der Waals surface area contributed by atoms with E-state index in [4.69, 9.17) is 16.6 Å². The van der Waals surface area contributed by atoms with Crippen molar-refractivity contribution in [2.45, 2.75) is 49.9 Å². The lowest BCUT2D eigenvalue weighted by Gasteiger charge is -2.15. The zero-order valence-electron chi connectivity index (χ0n) is 18.3. The predicted octanol–water partition coefficient (Wildman–Crippen LogP) is 6.05. The van der Waals surface area contributed by atoms with Gasteiger partial charge >= 0.3 is 0 Å². The van der Waals surface area contributed by atoms with Gasteiger partial charge in [0.05, 0.1) is 15.7 Å². The summed E-state index contributed by atoms with van der Waals surface area (Å²) in [5, 5.41) is 1.22. The molecule has 0 radical (unpaired) electrons.